The SMILES string of the molecule is CCC[C@@H](O)COc1ccc(Cl)c(-c2nc(C(C(C)=O)=C(C)N)c(C)c(N3CC4(CC(N(C)CC(F)F)C4)C3)n2)c1. The summed E-state index contributed by atoms with van der Waals surface area (Å²) in [5, 5.41) is 10.5. The topological polar surface area (TPSA) is 105 Å². The van der Waals surface area contributed by atoms with Crippen molar-refractivity contribution in [3.05, 3.63) is 40.2 Å². The summed E-state index contributed by atoms with van der Waals surface area (Å²) in [5.41, 5.74) is 8.61. The fourth-order valence-corrected chi connectivity index (χ4v) is 6.17. The first kappa shape index (κ1) is 31.1. The Morgan fingerprint density at radius 3 is 2.56 bits per heavy atom. The van der Waals surface area contributed by atoms with E-state index in [2.05, 4.69) is 4.90 Å². The van der Waals surface area contributed by atoms with Gasteiger partial charge in [-0.1, -0.05) is 24.9 Å². The molecule has 2 aromatic rings. The maximum atomic E-state index is 12.9. The number of halogens is 3. The molecular formula is C30H40ClF2N5O3. The van der Waals surface area contributed by atoms with Gasteiger partial charge in [0.1, 0.15) is 18.2 Å². The summed E-state index contributed by atoms with van der Waals surface area (Å²) in [4.78, 5) is 26.3. The molecule has 2 heterocycles. The molecule has 1 saturated heterocycles. The van der Waals surface area contributed by atoms with Crippen LogP contribution in [0.2, 0.25) is 5.02 Å². The van der Waals surface area contributed by atoms with Crippen LogP contribution in [0.25, 0.3) is 17.0 Å². The number of anilines is 1. The number of hydrogen-bond acceptors (Lipinski definition) is 8. The van der Waals surface area contributed by atoms with Crippen LogP contribution in [-0.2, 0) is 4.79 Å². The normalized spacial score (nSPS) is 17.9. The molecule has 11 heteroatoms. The van der Waals surface area contributed by atoms with Crippen molar-refractivity contribution in [1.82, 2.24) is 14.9 Å². The van der Waals surface area contributed by atoms with Crippen molar-refractivity contribution in [2.24, 2.45) is 11.1 Å². The van der Waals surface area contributed by atoms with Gasteiger partial charge in [-0.3, -0.25) is 9.69 Å². The molecule has 0 bridgehead atoms. The summed E-state index contributed by atoms with van der Waals surface area (Å²) in [7, 11) is 1.75. The van der Waals surface area contributed by atoms with E-state index in [0.717, 1.165) is 37.9 Å². The number of nitrogens with zero attached hydrogens (tertiary/aromatic N) is 4. The van der Waals surface area contributed by atoms with Crippen LogP contribution in [0.5, 0.6) is 5.75 Å². The van der Waals surface area contributed by atoms with E-state index in [9.17, 15) is 18.7 Å². The molecule has 41 heavy (non-hydrogen) atoms. The molecular weight excluding hydrogens is 552 g/mol. The number of aromatic nitrogens is 2. The van der Waals surface area contributed by atoms with Crippen molar-refractivity contribution < 1.29 is 23.4 Å². The number of ketones is 1. The van der Waals surface area contributed by atoms with Gasteiger partial charge in [0.25, 0.3) is 6.43 Å². The average molecular weight is 592 g/mol. The number of aliphatic hydroxyl groups is 1. The largest absolute Gasteiger partial charge is 0.491 e. The molecule has 0 unspecified atom stereocenters. The van der Waals surface area contributed by atoms with Gasteiger partial charge in [-0.2, -0.15) is 0 Å². The second kappa shape index (κ2) is 12.6. The Hall–Kier alpha value is -2.82. The van der Waals surface area contributed by atoms with Crippen molar-refractivity contribution in [3.8, 4) is 17.1 Å². The molecule has 0 radical (unpaired) electrons. The van der Waals surface area contributed by atoms with Gasteiger partial charge < -0.3 is 20.5 Å². The van der Waals surface area contributed by atoms with Crippen molar-refractivity contribution in [2.45, 2.75) is 71.9 Å². The minimum atomic E-state index is -2.35. The molecule has 1 aliphatic carbocycles. The minimum absolute atomic E-state index is 0.0620. The maximum Gasteiger partial charge on any atom is 0.251 e. The van der Waals surface area contributed by atoms with Crippen LogP contribution in [0.15, 0.2) is 23.9 Å². The average Bonchev–Trinajstić information content (AvgIpc) is 2.83. The zero-order chi connectivity index (χ0) is 30.1. The maximum absolute atomic E-state index is 12.9. The van der Waals surface area contributed by atoms with Crippen LogP contribution in [-0.4, -0.2) is 77.6 Å². The summed E-state index contributed by atoms with van der Waals surface area (Å²) in [6, 6.07) is 5.30. The Kier molecular flexibility index (Phi) is 9.56. The van der Waals surface area contributed by atoms with Gasteiger partial charge in [0.2, 0.25) is 0 Å². The zero-order valence-corrected chi connectivity index (χ0v) is 25.1. The standard InChI is InChI=1S/C30H40ClF2N5O3/c1-6-7-21(40)14-41-22-8-9-24(31)23(10-22)28-35-27(26(18(3)34)19(4)39)17(2)29(36-28)38-15-30(16-38)11-20(12-30)37(5)13-25(32)33/h8-10,20-21,25,40H,6-7,11-16,34H2,1-5H3/t21-/m1/s1. The lowest BCUT2D eigenvalue weighted by Crippen LogP contribution is -2.66. The van der Waals surface area contributed by atoms with Crippen LogP contribution in [0.4, 0.5) is 14.6 Å². The number of alkyl halides is 2. The lowest BCUT2D eigenvalue weighted by Gasteiger charge is -2.61. The number of nitrogens with two attached hydrogens (primary N) is 1. The van der Waals surface area contributed by atoms with Crippen molar-refractivity contribution in [2.75, 3.05) is 38.2 Å². The van der Waals surface area contributed by atoms with Crippen LogP contribution in [0.3, 0.4) is 0 Å². The molecule has 1 aliphatic heterocycles. The van der Waals surface area contributed by atoms with Gasteiger partial charge >= 0.3 is 0 Å². The number of ether oxygens (including phenoxy) is 1. The molecule has 0 amide bonds. The quantitative estimate of drug-likeness (QED) is 0.329. The summed E-state index contributed by atoms with van der Waals surface area (Å²) in [5.74, 6) is 1.32. The lowest BCUT2D eigenvalue weighted by atomic mass is 9.60. The molecule has 1 spiro atoms. The van der Waals surface area contributed by atoms with E-state index in [1.165, 1.54) is 6.92 Å². The molecule has 1 aromatic carbocycles. The molecule has 2 aliphatic rings. The number of allylic oxidation sites excluding steroid dienone is 2. The minimum Gasteiger partial charge on any atom is -0.491 e. The van der Waals surface area contributed by atoms with Crippen LogP contribution in [0.1, 0.15) is 57.7 Å². The molecule has 4 rings (SSSR count). The molecule has 1 saturated carbocycles. The highest BCUT2D eigenvalue weighted by molar-refractivity contribution is 6.33. The van der Waals surface area contributed by atoms with Crippen molar-refractivity contribution >= 4 is 28.8 Å². The van der Waals surface area contributed by atoms with Gasteiger partial charge in [0.15, 0.2) is 11.6 Å². The van der Waals surface area contributed by atoms with Gasteiger partial charge in [-0.05, 0) is 65.3 Å². The van der Waals surface area contributed by atoms with Crippen LogP contribution >= 0.6 is 11.6 Å². The first-order valence-electron chi connectivity index (χ1n) is 14.0. The second-order valence-electron chi connectivity index (χ2n) is 11.6. The van der Waals surface area contributed by atoms with E-state index in [4.69, 9.17) is 32.0 Å². The van der Waals surface area contributed by atoms with E-state index in [1.54, 1.807) is 37.1 Å². The second-order valence-corrected chi connectivity index (χ2v) is 12.0. The summed E-state index contributed by atoms with van der Waals surface area (Å²) in [6.45, 7) is 8.39. The Morgan fingerprint density at radius 2 is 1.98 bits per heavy atom. The number of carbonyl (C=O) groups is 1. The summed E-state index contributed by atoms with van der Waals surface area (Å²) >= 11 is 6.62. The van der Waals surface area contributed by atoms with E-state index in [0.29, 0.717) is 51.4 Å². The molecule has 8 nitrogen and oxygen atoms in total. The molecule has 1 atom stereocenters. The molecule has 224 valence electrons. The fraction of sp³-hybridized carbons (Fsp3) is 0.567. The predicted octanol–water partition coefficient (Wildman–Crippen LogP) is 5.09. The van der Waals surface area contributed by atoms with Gasteiger partial charge in [0.05, 0.1) is 28.9 Å². The highest BCUT2D eigenvalue weighted by Crippen LogP contribution is 2.51. The van der Waals surface area contributed by atoms with Crippen LogP contribution in [0, 0.1) is 12.3 Å². The Morgan fingerprint density at radius 1 is 1.29 bits per heavy atom. The predicted molar refractivity (Wildman–Crippen MR) is 157 cm³/mol. The number of hydrogen-bond donors (Lipinski definition) is 2. The van der Waals surface area contributed by atoms with E-state index in [-0.39, 0.29) is 30.4 Å². The van der Waals surface area contributed by atoms with E-state index < -0.39 is 12.5 Å². The zero-order valence-electron chi connectivity index (χ0n) is 24.4. The van der Waals surface area contributed by atoms with Crippen molar-refractivity contribution in [3.63, 3.8) is 0 Å². The third-order valence-corrected chi connectivity index (χ3v) is 8.41. The first-order chi connectivity index (χ1) is 19.3. The summed E-state index contributed by atoms with van der Waals surface area (Å²) < 4.78 is 31.5. The number of rotatable bonds is 12. The monoisotopic (exact) mass is 591 g/mol. The van der Waals surface area contributed by atoms with Gasteiger partial charge in [-0.15, -0.1) is 0 Å². The summed E-state index contributed by atoms with van der Waals surface area (Å²) in [6.07, 6.45) is 0.257. The van der Waals surface area contributed by atoms with Crippen LogP contribution < -0.4 is 15.4 Å². The van der Waals surface area contributed by atoms with Gasteiger partial charge in [0, 0.05) is 41.4 Å². The molecule has 1 aromatic heterocycles. The van der Waals surface area contributed by atoms with Gasteiger partial charge in [-0.25, -0.2) is 18.7 Å². The highest BCUT2D eigenvalue weighted by Gasteiger charge is 2.54. The third-order valence-electron chi connectivity index (χ3n) is 8.09. The lowest BCUT2D eigenvalue weighted by molar-refractivity contribution is -0.111. The number of aliphatic hydroxyl groups excluding tert-OH is 1. The Balaban J connectivity index is 1.66. The number of carbonyl (C=O) groups excluding carboxylic acids is 1. The molecule has 2 fully saturated rings. The van der Waals surface area contributed by atoms with Crippen molar-refractivity contribution in [1.29, 1.82) is 0 Å². The van der Waals surface area contributed by atoms with E-state index in [1.807, 2.05) is 13.8 Å². The third kappa shape index (κ3) is 6.81. The number of Topliss-reactive ketones (excluding diaryl/α,β-unsaturated/α-hetero) is 1. The highest BCUT2D eigenvalue weighted by atomic mass is 35.5. The fourth-order valence-electron chi connectivity index (χ4n) is 5.97. The number of benzene rings is 1. The molecule has 3 N–H and O–H groups in total. The van der Waals surface area contributed by atoms with E-state index >= 15 is 0 Å². The smallest absolute Gasteiger partial charge is 0.251 e. The first-order valence-corrected chi connectivity index (χ1v) is 14.4. The Labute approximate surface area is 245 Å². The Bertz CT molecular complexity index is 1300.